The summed E-state index contributed by atoms with van der Waals surface area (Å²) in [4.78, 5) is 42.1. The molecule has 0 radical (unpaired) electrons. The molecule has 246 valence electrons. The fourth-order valence-corrected chi connectivity index (χ4v) is 5.48. The lowest BCUT2D eigenvalue weighted by molar-refractivity contribution is -0.119. The summed E-state index contributed by atoms with van der Waals surface area (Å²) in [6.07, 6.45) is 2.92. The highest BCUT2D eigenvalue weighted by molar-refractivity contribution is 7.82. The number of pyridine rings is 1. The minimum atomic E-state index is -0.842. The van der Waals surface area contributed by atoms with Crippen molar-refractivity contribution in [1.82, 2.24) is 15.6 Å². The molecule has 5 rings (SSSR count). The van der Waals surface area contributed by atoms with E-state index < -0.39 is 24.1 Å². The number of anilines is 1. The number of amides is 3. The molecule has 1 atom stereocenters. The van der Waals surface area contributed by atoms with Crippen LogP contribution in [0.15, 0.2) is 66.9 Å². The van der Waals surface area contributed by atoms with Crippen LogP contribution in [0.25, 0.3) is 10.9 Å². The van der Waals surface area contributed by atoms with Crippen LogP contribution >= 0.6 is 24.4 Å². The number of aryl methyl sites for hydroxylation is 1. The number of urea groups is 1. The van der Waals surface area contributed by atoms with Crippen molar-refractivity contribution < 1.29 is 33.3 Å². The molecule has 0 aliphatic carbocycles. The Kier molecular flexibility index (Phi) is 11.5. The summed E-state index contributed by atoms with van der Waals surface area (Å²) in [6.45, 7) is 4.60. The van der Waals surface area contributed by atoms with Gasteiger partial charge in [-0.1, -0.05) is 48.7 Å². The molecule has 1 aromatic heterocycles. The number of aromatic nitrogens is 1. The highest BCUT2D eigenvalue weighted by atomic mass is 35.5. The first kappa shape index (κ1) is 34.0. The highest BCUT2D eigenvalue weighted by Crippen LogP contribution is 2.39. The number of nitrogens with zero attached hydrogens (tertiary/aromatic N) is 2. The number of ketones is 1. The van der Waals surface area contributed by atoms with Crippen LogP contribution in [0.2, 0.25) is 5.02 Å². The predicted octanol–water partition coefficient (Wildman–Crippen LogP) is 6.31. The average molecular weight is 679 g/mol. The number of nitrogens with one attached hydrogen (secondary N) is 2. The summed E-state index contributed by atoms with van der Waals surface area (Å²) >= 11 is 10.8. The first-order chi connectivity index (χ1) is 22.7. The lowest BCUT2D eigenvalue weighted by Crippen LogP contribution is -2.41. The van der Waals surface area contributed by atoms with Crippen LogP contribution in [0.3, 0.4) is 0 Å². The van der Waals surface area contributed by atoms with Gasteiger partial charge in [0.1, 0.15) is 11.5 Å². The van der Waals surface area contributed by atoms with E-state index in [1.165, 1.54) is 6.07 Å². The number of thiol groups is 1. The first-order valence-corrected chi connectivity index (χ1v) is 15.8. The number of hydrogen-bond acceptors (Lipinski definition) is 10. The number of ether oxygens (including phenoxy) is 4. The molecule has 13 heteroatoms. The Morgan fingerprint density at radius 1 is 1.09 bits per heavy atom. The number of rotatable bonds is 12. The molecule has 3 amide bonds. The minimum Gasteiger partial charge on any atom is -0.493 e. The Morgan fingerprint density at radius 2 is 1.91 bits per heavy atom. The molecular weight excluding hydrogens is 644 g/mol. The highest BCUT2D eigenvalue weighted by Gasteiger charge is 2.21. The SMILES string of the molecule is COc1cc2c(Oc3ccc(N(S)C(=O)NC(=O)CC(=O)c4ccccc4C)cc3Cl)ccnc2cc1OCCCC1COCCN1. The number of methoxy groups -OCH3 is 1. The molecule has 47 heavy (non-hydrogen) atoms. The number of carbonyl (C=O) groups excluding carboxylic acids is 3. The normalized spacial score (nSPS) is 14.3. The summed E-state index contributed by atoms with van der Waals surface area (Å²) in [5.41, 5.74) is 2.07. The van der Waals surface area contributed by atoms with E-state index in [4.69, 9.17) is 30.5 Å². The fourth-order valence-electron chi connectivity index (χ4n) is 5.09. The molecule has 3 aromatic carbocycles. The zero-order valence-electron chi connectivity index (χ0n) is 26.0. The number of Topliss-reactive ketones (excluding diaryl/α,β-unsaturated/α-hetero) is 1. The van der Waals surface area contributed by atoms with Crippen molar-refractivity contribution in [3.8, 4) is 23.0 Å². The number of imide groups is 1. The molecule has 2 heterocycles. The molecule has 1 fully saturated rings. The number of fused-ring (bicyclic) bond motifs is 1. The van der Waals surface area contributed by atoms with Crippen LogP contribution in [-0.4, -0.2) is 62.2 Å². The van der Waals surface area contributed by atoms with E-state index in [0.717, 1.165) is 35.9 Å². The van der Waals surface area contributed by atoms with Crippen molar-refractivity contribution in [3.05, 3.63) is 83.0 Å². The summed E-state index contributed by atoms with van der Waals surface area (Å²) in [6, 6.07) is 16.3. The lowest BCUT2D eigenvalue weighted by atomic mass is 10.0. The van der Waals surface area contributed by atoms with E-state index in [1.807, 2.05) is 0 Å². The molecule has 1 unspecified atom stereocenters. The van der Waals surface area contributed by atoms with Crippen molar-refractivity contribution >= 4 is 58.7 Å². The van der Waals surface area contributed by atoms with Gasteiger partial charge in [0, 0.05) is 35.8 Å². The molecule has 4 aromatic rings. The molecule has 1 aliphatic rings. The quantitative estimate of drug-likeness (QED) is 0.0684. The van der Waals surface area contributed by atoms with Crippen LogP contribution in [0, 0.1) is 6.92 Å². The van der Waals surface area contributed by atoms with Crippen molar-refractivity contribution in [3.63, 3.8) is 0 Å². The summed E-state index contributed by atoms with van der Waals surface area (Å²) in [5.74, 6) is 0.737. The second kappa shape index (κ2) is 16.0. The standard InChI is InChI=1S/C34H35ClN4O7S/c1-21-6-3-4-8-24(21)28(40)19-33(41)38-34(42)39(47)23-9-10-30(26(35)16-23)46-29-11-12-37-27-18-32(31(43-2)17-25(27)29)45-14-5-7-22-20-44-15-13-36-22/h3-4,6,8-12,16-18,22,36,47H,5,7,13-15,19-20H2,1-2H3,(H,38,41,42). The van der Waals surface area contributed by atoms with Gasteiger partial charge < -0.3 is 24.3 Å². The fraction of sp³-hybridized carbons (Fsp3) is 0.294. The van der Waals surface area contributed by atoms with Gasteiger partial charge in [-0.05, 0) is 55.7 Å². The number of carbonyl (C=O) groups is 3. The first-order valence-electron chi connectivity index (χ1n) is 15.0. The van der Waals surface area contributed by atoms with Gasteiger partial charge in [0.15, 0.2) is 17.3 Å². The van der Waals surface area contributed by atoms with Crippen molar-refractivity contribution in [1.29, 1.82) is 0 Å². The third kappa shape index (κ3) is 8.72. The van der Waals surface area contributed by atoms with Gasteiger partial charge in [-0.3, -0.25) is 19.9 Å². The lowest BCUT2D eigenvalue weighted by Gasteiger charge is -2.23. The number of morpholine rings is 1. The van der Waals surface area contributed by atoms with E-state index in [2.05, 4.69) is 28.4 Å². The molecule has 2 N–H and O–H groups in total. The van der Waals surface area contributed by atoms with Gasteiger partial charge in [0.05, 0.1) is 49.6 Å². The number of hydrogen-bond donors (Lipinski definition) is 3. The molecule has 11 nitrogen and oxygen atoms in total. The van der Waals surface area contributed by atoms with Crippen LogP contribution in [-0.2, 0) is 9.53 Å². The Morgan fingerprint density at radius 3 is 2.66 bits per heavy atom. The van der Waals surface area contributed by atoms with Gasteiger partial charge in [0.2, 0.25) is 5.91 Å². The Balaban J connectivity index is 1.22. The van der Waals surface area contributed by atoms with Crippen LogP contribution in [0.5, 0.6) is 23.0 Å². The van der Waals surface area contributed by atoms with Gasteiger partial charge in [-0.15, -0.1) is 0 Å². The Bertz CT molecular complexity index is 1770. The molecule has 0 bridgehead atoms. The second-order valence-corrected chi connectivity index (χ2v) is 11.6. The van der Waals surface area contributed by atoms with E-state index in [1.54, 1.807) is 74.8 Å². The number of benzene rings is 3. The van der Waals surface area contributed by atoms with Crippen molar-refractivity contribution in [2.45, 2.75) is 32.2 Å². The average Bonchev–Trinajstić information content (AvgIpc) is 3.07. The maximum Gasteiger partial charge on any atom is 0.338 e. The number of halogens is 1. The summed E-state index contributed by atoms with van der Waals surface area (Å²) in [7, 11) is 1.57. The molecule has 1 saturated heterocycles. The van der Waals surface area contributed by atoms with Gasteiger partial charge in [-0.2, -0.15) is 0 Å². The van der Waals surface area contributed by atoms with Crippen molar-refractivity contribution in [2.24, 2.45) is 0 Å². The van der Waals surface area contributed by atoms with E-state index in [0.29, 0.717) is 58.7 Å². The monoisotopic (exact) mass is 678 g/mol. The maximum absolute atomic E-state index is 12.7. The minimum absolute atomic E-state index is 0.185. The molecule has 1 aliphatic heterocycles. The largest absolute Gasteiger partial charge is 0.493 e. The second-order valence-electron chi connectivity index (χ2n) is 10.8. The predicted molar refractivity (Wildman–Crippen MR) is 182 cm³/mol. The van der Waals surface area contributed by atoms with E-state index in [9.17, 15) is 14.4 Å². The zero-order valence-corrected chi connectivity index (χ0v) is 27.6. The van der Waals surface area contributed by atoms with Crippen LogP contribution in [0.1, 0.15) is 35.2 Å². The van der Waals surface area contributed by atoms with Gasteiger partial charge in [-0.25, -0.2) is 9.10 Å². The van der Waals surface area contributed by atoms with Crippen LogP contribution < -0.4 is 29.1 Å². The third-order valence-corrected chi connectivity index (χ3v) is 8.23. The van der Waals surface area contributed by atoms with Gasteiger partial charge >= 0.3 is 6.03 Å². The van der Waals surface area contributed by atoms with Gasteiger partial charge in [0.25, 0.3) is 0 Å². The molecule has 0 spiro atoms. The smallest absolute Gasteiger partial charge is 0.338 e. The third-order valence-electron chi connectivity index (χ3n) is 7.53. The maximum atomic E-state index is 12.7. The summed E-state index contributed by atoms with van der Waals surface area (Å²) < 4.78 is 24.2. The Hall–Kier alpha value is -4.36. The van der Waals surface area contributed by atoms with E-state index in [-0.39, 0.29) is 10.7 Å². The summed E-state index contributed by atoms with van der Waals surface area (Å²) in [5, 5.41) is 6.48. The van der Waals surface area contributed by atoms with Crippen molar-refractivity contribution in [2.75, 3.05) is 37.8 Å². The Labute approximate surface area is 283 Å². The van der Waals surface area contributed by atoms with Crippen LogP contribution in [0.4, 0.5) is 10.5 Å². The topological polar surface area (TPSA) is 128 Å². The van der Waals surface area contributed by atoms with E-state index >= 15 is 0 Å². The molecular formula is C34H35ClN4O7S. The molecule has 0 saturated carbocycles. The zero-order chi connectivity index (χ0) is 33.3.